The molecule has 264 valence electrons. The van der Waals surface area contributed by atoms with Crippen LogP contribution in [-0.2, 0) is 0 Å². The van der Waals surface area contributed by atoms with Gasteiger partial charge in [0.25, 0.3) is 0 Å². The van der Waals surface area contributed by atoms with Crippen LogP contribution in [0.3, 0.4) is 0 Å². The summed E-state index contributed by atoms with van der Waals surface area (Å²) in [4.78, 5) is 21.1. The minimum atomic E-state index is 0.614. The molecule has 5 nitrogen and oxygen atoms in total. The average Bonchev–Trinajstić information content (AvgIpc) is 3.60. The van der Waals surface area contributed by atoms with E-state index in [9.17, 15) is 0 Å². The molecule has 56 heavy (non-hydrogen) atoms. The predicted molar refractivity (Wildman–Crippen MR) is 229 cm³/mol. The average molecular weight is 718 g/mol. The molecule has 3 heterocycles. The zero-order valence-electron chi connectivity index (χ0n) is 30.7. The van der Waals surface area contributed by atoms with Gasteiger partial charge in [0.05, 0.1) is 39.5 Å². The van der Waals surface area contributed by atoms with Gasteiger partial charge in [0.15, 0.2) is 11.6 Å². The number of benzene rings is 7. The lowest BCUT2D eigenvalue weighted by atomic mass is 10.0. The van der Waals surface area contributed by atoms with E-state index in [0.29, 0.717) is 11.6 Å². The maximum absolute atomic E-state index is 5.35. The normalized spacial score (nSPS) is 11.3. The van der Waals surface area contributed by atoms with Crippen molar-refractivity contribution in [2.24, 2.45) is 0 Å². The highest BCUT2D eigenvalue weighted by atomic mass is 15.0. The fraction of sp³-hybridized carbons (Fsp3) is 0.0196. The number of rotatable bonds is 7. The second kappa shape index (κ2) is 14.0. The van der Waals surface area contributed by atoms with Crippen LogP contribution >= 0.6 is 0 Å². The monoisotopic (exact) mass is 717 g/mol. The molecule has 0 bridgehead atoms. The van der Waals surface area contributed by atoms with E-state index in [2.05, 4.69) is 133 Å². The van der Waals surface area contributed by atoms with Crippen LogP contribution in [0.4, 0.5) is 0 Å². The van der Waals surface area contributed by atoms with Gasteiger partial charge in [-0.05, 0) is 55.0 Å². The van der Waals surface area contributed by atoms with Crippen molar-refractivity contribution in [2.75, 3.05) is 0 Å². The van der Waals surface area contributed by atoms with Crippen LogP contribution in [0.1, 0.15) is 5.56 Å². The van der Waals surface area contributed by atoms with Crippen molar-refractivity contribution in [1.29, 1.82) is 0 Å². The molecule has 0 unspecified atom stereocenters. The number of fused-ring (bicyclic) bond motifs is 3. The first-order valence-corrected chi connectivity index (χ1v) is 18.8. The Labute approximate surface area is 325 Å². The van der Waals surface area contributed by atoms with E-state index >= 15 is 0 Å². The minimum absolute atomic E-state index is 0.614. The molecule has 0 N–H and O–H groups in total. The molecule has 0 amide bonds. The van der Waals surface area contributed by atoms with E-state index in [0.717, 1.165) is 72.9 Å². The van der Waals surface area contributed by atoms with Gasteiger partial charge in [-0.25, -0.2) is 19.9 Å². The van der Waals surface area contributed by atoms with Gasteiger partial charge < -0.3 is 4.57 Å². The lowest BCUT2D eigenvalue weighted by Gasteiger charge is -2.17. The van der Waals surface area contributed by atoms with Crippen molar-refractivity contribution < 1.29 is 0 Å². The van der Waals surface area contributed by atoms with Gasteiger partial charge in [-0.15, -0.1) is 0 Å². The highest BCUT2D eigenvalue weighted by Crippen LogP contribution is 2.39. The molecular formula is C51H35N5. The van der Waals surface area contributed by atoms with Gasteiger partial charge in [-0.3, -0.25) is 0 Å². The number of para-hydroxylation sites is 1. The molecule has 0 spiro atoms. The Bertz CT molecular complexity index is 2900. The standard InChI is InChI=1S/C51H35N5/c1-34-26-28-41-40-24-14-15-25-47(40)56(49(41)30-34)48-29-27-39(50-52-43(35-16-6-2-7-17-35)32-44(53-50)36-18-8-3-9-19-36)31-42(48)51-54-45(37-20-10-4-11-21-37)33-46(55-51)38-22-12-5-13-23-38/h2-33H,1H3. The Balaban J connectivity index is 1.28. The molecule has 0 fully saturated rings. The number of nitrogens with zero attached hydrogens (tertiary/aromatic N) is 5. The van der Waals surface area contributed by atoms with Crippen molar-refractivity contribution >= 4 is 21.8 Å². The molecule has 0 aliphatic rings. The third-order valence-corrected chi connectivity index (χ3v) is 10.3. The molecule has 7 aromatic carbocycles. The van der Waals surface area contributed by atoms with Crippen molar-refractivity contribution in [3.8, 4) is 73.5 Å². The fourth-order valence-electron chi connectivity index (χ4n) is 7.56. The predicted octanol–water partition coefficient (Wildman–Crippen LogP) is 12.7. The summed E-state index contributed by atoms with van der Waals surface area (Å²) in [6.45, 7) is 2.14. The summed E-state index contributed by atoms with van der Waals surface area (Å²) in [5, 5.41) is 2.38. The van der Waals surface area contributed by atoms with Crippen molar-refractivity contribution in [3.05, 3.63) is 200 Å². The maximum atomic E-state index is 5.35. The SMILES string of the molecule is Cc1ccc2c3ccccc3n(-c3ccc(-c4nc(-c5ccccc5)cc(-c5ccccc5)n4)cc3-c3nc(-c4ccccc4)cc(-c4ccccc4)n3)c2c1. The van der Waals surface area contributed by atoms with Crippen LogP contribution in [0.2, 0.25) is 0 Å². The van der Waals surface area contributed by atoms with E-state index in [4.69, 9.17) is 19.9 Å². The zero-order chi connectivity index (χ0) is 37.4. The fourth-order valence-corrected chi connectivity index (χ4v) is 7.56. The van der Waals surface area contributed by atoms with Crippen LogP contribution in [0.25, 0.3) is 95.3 Å². The number of hydrogen-bond donors (Lipinski definition) is 0. The first-order valence-electron chi connectivity index (χ1n) is 18.8. The van der Waals surface area contributed by atoms with Crippen molar-refractivity contribution in [1.82, 2.24) is 24.5 Å². The van der Waals surface area contributed by atoms with E-state index in [1.165, 1.54) is 16.3 Å². The molecule has 0 saturated carbocycles. The second-order valence-electron chi connectivity index (χ2n) is 14.0. The highest BCUT2D eigenvalue weighted by Gasteiger charge is 2.21. The molecule has 0 aliphatic heterocycles. The largest absolute Gasteiger partial charge is 0.308 e. The van der Waals surface area contributed by atoms with Crippen LogP contribution in [0.5, 0.6) is 0 Å². The van der Waals surface area contributed by atoms with Crippen LogP contribution < -0.4 is 0 Å². The quantitative estimate of drug-likeness (QED) is 0.165. The zero-order valence-corrected chi connectivity index (χ0v) is 30.7. The van der Waals surface area contributed by atoms with Crippen molar-refractivity contribution in [3.63, 3.8) is 0 Å². The Kier molecular flexibility index (Phi) is 8.30. The van der Waals surface area contributed by atoms with Gasteiger partial charge in [-0.2, -0.15) is 0 Å². The molecule has 0 atom stereocenters. The molecule has 10 aromatic rings. The van der Waals surface area contributed by atoms with Gasteiger partial charge in [0, 0.05) is 44.2 Å². The van der Waals surface area contributed by atoms with Gasteiger partial charge in [-0.1, -0.05) is 152 Å². The second-order valence-corrected chi connectivity index (χ2v) is 14.0. The summed E-state index contributed by atoms with van der Waals surface area (Å²) in [6, 6.07) is 67.2. The Morgan fingerprint density at radius 2 is 0.786 bits per heavy atom. The van der Waals surface area contributed by atoms with Gasteiger partial charge >= 0.3 is 0 Å². The van der Waals surface area contributed by atoms with E-state index in [1.54, 1.807) is 0 Å². The lowest BCUT2D eigenvalue weighted by Crippen LogP contribution is -2.03. The smallest absolute Gasteiger partial charge is 0.162 e. The number of aryl methyl sites for hydroxylation is 1. The molecule has 5 heteroatoms. The lowest BCUT2D eigenvalue weighted by molar-refractivity contribution is 1.13. The van der Waals surface area contributed by atoms with E-state index in [-0.39, 0.29) is 0 Å². The molecule has 0 aliphatic carbocycles. The molecule has 0 radical (unpaired) electrons. The summed E-state index contributed by atoms with van der Waals surface area (Å²) in [6.07, 6.45) is 0. The topological polar surface area (TPSA) is 56.5 Å². The Morgan fingerprint density at radius 1 is 0.339 bits per heavy atom. The Morgan fingerprint density at radius 3 is 1.30 bits per heavy atom. The van der Waals surface area contributed by atoms with Gasteiger partial charge in [0.2, 0.25) is 0 Å². The van der Waals surface area contributed by atoms with Crippen molar-refractivity contribution in [2.45, 2.75) is 6.92 Å². The molecule has 0 saturated heterocycles. The summed E-state index contributed by atoms with van der Waals surface area (Å²) >= 11 is 0. The summed E-state index contributed by atoms with van der Waals surface area (Å²) in [7, 11) is 0. The van der Waals surface area contributed by atoms with Crippen LogP contribution in [0, 0.1) is 6.92 Å². The summed E-state index contributed by atoms with van der Waals surface area (Å²) in [5.41, 5.74) is 13.6. The summed E-state index contributed by atoms with van der Waals surface area (Å²) in [5.74, 6) is 1.24. The van der Waals surface area contributed by atoms with E-state index < -0.39 is 0 Å². The van der Waals surface area contributed by atoms with Gasteiger partial charge in [0.1, 0.15) is 0 Å². The third-order valence-electron chi connectivity index (χ3n) is 10.3. The first kappa shape index (κ1) is 33.1. The molecular weight excluding hydrogens is 683 g/mol. The van der Waals surface area contributed by atoms with Crippen LogP contribution in [-0.4, -0.2) is 24.5 Å². The number of hydrogen-bond acceptors (Lipinski definition) is 4. The van der Waals surface area contributed by atoms with Crippen LogP contribution in [0.15, 0.2) is 194 Å². The Hall–Kier alpha value is -7.50. The third kappa shape index (κ3) is 6.11. The minimum Gasteiger partial charge on any atom is -0.308 e. The first-order chi connectivity index (χ1) is 27.7. The summed E-state index contributed by atoms with van der Waals surface area (Å²) < 4.78 is 2.36. The number of aromatic nitrogens is 5. The highest BCUT2D eigenvalue weighted by molar-refractivity contribution is 6.10. The maximum Gasteiger partial charge on any atom is 0.162 e. The molecule has 3 aromatic heterocycles. The van der Waals surface area contributed by atoms with E-state index in [1.807, 2.05) is 72.8 Å². The molecule has 10 rings (SSSR count).